The monoisotopic (exact) mass is 233 g/mol. The summed E-state index contributed by atoms with van der Waals surface area (Å²) in [6.45, 7) is 2.46. The second kappa shape index (κ2) is 5.32. The lowest BCUT2D eigenvalue weighted by Crippen LogP contribution is -2.40. The van der Waals surface area contributed by atoms with Crippen LogP contribution in [-0.2, 0) is 11.2 Å². The van der Waals surface area contributed by atoms with Crippen molar-refractivity contribution in [3.63, 3.8) is 0 Å². The molecule has 1 aliphatic heterocycles. The van der Waals surface area contributed by atoms with Gasteiger partial charge in [0.05, 0.1) is 12.6 Å². The minimum absolute atomic E-state index is 0.124. The number of para-hydroxylation sites is 1. The fraction of sp³-hybridized carbons (Fsp3) is 0.500. The number of carbonyl (C=O) groups is 1. The van der Waals surface area contributed by atoms with Crippen LogP contribution >= 0.6 is 0 Å². The molecule has 0 fully saturated rings. The van der Waals surface area contributed by atoms with E-state index in [0.717, 1.165) is 24.9 Å². The van der Waals surface area contributed by atoms with E-state index >= 15 is 0 Å². The summed E-state index contributed by atoms with van der Waals surface area (Å²) in [4.78, 5) is 13.6. The molecule has 0 spiro atoms. The third-order valence-electron chi connectivity index (χ3n) is 3.21. The molecule has 1 N–H and O–H groups in total. The van der Waals surface area contributed by atoms with Gasteiger partial charge in [-0.05, 0) is 24.5 Å². The molecular formula is C14H19NO2. The highest BCUT2D eigenvalue weighted by atomic mass is 16.3. The van der Waals surface area contributed by atoms with Gasteiger partial charge in [0.2, 0.25) is 5.91 Å². The van der Waals surface area contributed by atoms with Crippen LogP contribution in [0.2, 0.25) is 0 Å². The van der Waals surface area contributed by atoms with E-state index in [1.165, 1.54) is 5.56 Å². The quantitative estimate of drug-likeness (QED) is 0.865. The summed E-state index contributed by atoms with van der Waals surface area (Å²) in [7, 11) is 0. The summed E-state index contributed by atoms with van der Waals surface area (Å²) in [5, 5.41) is 9.85. The van der Waals surface area contributed by atoms with E-state index in [0.29, 0.717) is 13.0 Å². The third-order valence-corrected chi connectivity index (χ3v) is 3.21. The van der Waals surface area contributed by atoms with E-state index in [4.69, 9.17) is 0 Å². The average molecular weight is 233 g/mol. The van der Waals surface area contributed by atoms with E-state index < -0.39 is 6.10 Å². The number of fused-ring (bicyclic) bond motifs is 1. The van der Waals surface area contributed by atoms with Crippen LogP contribution in [-0.4, -0.2) is 23.7 Å². The highest BCUT2D eigenvalue weighted by molar-refractivity contribution is 5.96. The molecule has 0 saturated heterocycles. The van der Waals surface area contributed by atoms with E-state index in [1.807, 2.05) is 25.1 Å². The van der Waals surface area contributed by atoms with Crippen molar-refractivity contribution in [3.8, 4) is 0 Å². The summed E-state index contributed by atoms with van der Waals surface area (Å²) in [5.41, 5.74) is 2.18. The van der Waals surface area contributed by atoms with E-state index in [-0.39, 0.29) is 5.91 Å². The van der Waals surface area contributed by atoms with Crippen molar-refractivity contribution in [2.75, 3.05) is 11.4 Å². The Morgan fingerprint density at radius 3 is 2.88 bits per heavy atom. The summed E-state index contributed by atoms with van der Waals surface area (Å²) in [6, 6.07) is 7.96. The van der Waals surface area contributed by atoms with Gasteiger partial charge in [0.15, 0.2) is 0 Å². The number of nitrogens with zero attached hydrogens (tertiary/aromatic N) is 1. The minimum Gasteiger partial charge on any atom is -0.391 e. The van der Waals surface area contributed by atoms with Crippen molar-refractivity contribution in [1.29, 1.82) is 0 Å². The number of anilines is 1. The molecule has 1 amide bonds. The highest BCUT2D eigenvalue weighted by Gasteiger charge is 2.25. The fourth-order valence-corrected chi connectivity index (χ4v) is 2.33. The molecule has 0 bridgehead atoms. The van der Waals surface area contributed by atoms with Crippen LogP contribution in [0.4, 0.5) is 5.69 Å². The van der Waals surface area contributed by atoms with Gasteiger partial charge in [0, 0.05) is 12.1 Å². The lowest BCUT2D eigenvalue weighted by molar-refractivity contribution is -0.119. The zero-order chi connectivity index (χ0) is 12.3. The Kier molecular flexibility index (Phi) is 3.79. The van der Waals surface area contributed by atoms with Crippen LogP contribution in [0.5, 0.6) is 0 Å². The highest BCUT2D eigenvalue weighted by Crippen LogP contribution is 2.27. The first-order valence-corrected chi connectivity index (χ1v) is 6.28. The first-order valence-electron chi connectivity index (χ1n) is 6.28. The number of benzene rings is 1. The molecule has 0 saturated carbocycles. The van der Waals surface area contributed by atoms with Crippen molar-refractivity contribution in [2.45, 2.75) is 38.7 Å². The Bertz CT molecular complexity index is 403. The van der Waals surface area contributed by atoms with Crippen molar-refractivity contribution in [1.82, 2.24) is 0 Å². The molecular weight excluding hydrogens is 214 g/mol. The van der Waals surface area contributed by atoms with Crippen LogP contribution in [0.3, 0.4) is 0 Å². The molecule has 1 aliphatic rings. The topological polar surface area (TPSA) is 40.5 Å². The molecule has 1 heterocycles. The minimum atomic E-state index is -0.421. The van der Waals surface area contributed by atoms with Gasteiger partial charge in [-0.2, -0.15) is 0 Å². The maximum Gasteiger partial charge on any atom is 0.227 e. The number of β-amino-alcohol motifs (C(OH)–C–C–N with tert-alkyl or cyclic N) is 1. The zero-order valence-electron chi connectivity index (χ0n) is 10.2. The van der Waals surface area contributed by atoms with Gasteiger partial charge in [-0.1, -0.05) is 31.5 Å². The van der Waals surface area contributed by atoms with Gasteiger partial charge in [-0.25, -0.2) is 0 Å². The molecule has 2 rings (SSSR count). The largest absolute Gasteiger partial charge is 0.391 e. The van der Waals surface area contributed by atoms with Crippen molar-refractivity contribution in [3.05, 3.63) is 29.8 Å². The number of rotatable bonds is 4. The molecule has 0 aliphatic carbocycles. The molecule has 3 nitrogen and oxygen atoms in total. The zero-order valence-corrected chi connectivity index (χ0v) is 10.2. The molecule has 17 heavy (non-hydrogen) atoms. The Morgan fingerprint density at radius 2 is 2.12 bits per heavy atom. The van der Waals surface area contributed by atoms with Crippen LogP contribution in [0.1, 0.15) is 31.7 Å². The van der Waals surface area contributed by atoms with Gasteiger partial charge >= 0.3 is 0 Å². The SMILES string of the molecule is CCCC(O)CN1C(=O)CCc2ccccc21. The van der Waals surface area contributed by atoms with E-state index in [9.17, 15) is 9.90 Å². The molecule has 1 unspecified atom stereocenters. The van der Waals surface area contributed by atoms with Gasteiger partial charge < -0.3 is 10.0 Å². The number of hydrogen-bond acceptors (Lipinski definition) is 2. The van der Waals surface area contributed by atoms with Crippen LogP contribution in [0, 0.1) is 0 Å². The first-order chi connectivity index (χ1) is 8.22. The smallest absolute Gasteiger partial charge is 0.227 e. The normalized spacial score (nSPS) is 16.8. The lowest BCUT2D eigenvalue weighted by atomic mass is 10.0. The predicted octanol–water partition coefficient (Wildman–Crippen LogP) is 2.13. The number of amides is 1. The van der Waals surface area contributed by atoms with Crippen molar-refractivity contribution in [2.24, 2.45) is 0 Å². The molecule has 92 valence electrons. The molecule has 0 radical (unpaired) electrons. The Morgan fingerprint density at radius 1 is 1.35 bits per heavy atom. The van der Waals surface area contributed by atoms with Gasteiger partial charge in [-0.3, -0.25) is 4.79 Å². The summed E-state index contributed by atoms with van der Waals surface area (Å²) < 4.78 is 0. The summed E-state index contributed by atoms with van der Waals surface area (Å²) in [6.07, 6.45) is 2.62. The standard InChI is InChI=1S/C14H19NO2/c1-2-5-12(16)10-15-13-7-4-3-6-11(13)8-9-14(15)17/h3-4,6-7,12,16H,2,5,8-10H2,1H3. The lowest BCUT2D eigenvalue weighted by Gasteiger charge is -2.31. The van der Waals surface area contributed by atoms with Gasteiger partial charge in [-0.15, -0.1) is 0 Å². The average Bonchev–Trinajstić information content (AvgIpc) is 2.33. The van der Waals surface area contributed by atoms with Gasteiger partial charge in [0.1, 0.15) is 0 Å². The Labute approximate surface area is 102 Å². The second-order valence-corrected chi connectivity index (χ2v) is 4.58. The summed E-state index contributed by atoms with van der Waals surface area (Å²) >= 11 is 0. The number of hydrogen-bond donors (Lipinski definition) is 1. The first kappa shape index (κ1) is 12.1. The third kappa shape index (κ3) is 2.67. The maximum atomic E-state index is 11.9. The Hall–Kier alpha value is -1.35. The van der Waals surface area contributed by atoms with E-state index in [2.05, 4.69) is 6.07 Å². The molecule has 1 aromatic carbocycles. The number of carbonyl (C=O) groups excluding carboxylic acids is 1. The van der Waals surface area contributed by atoms with Crippen LogP contribution in [0.25, 0.3) is 0 Å². The number of aryl methyl sites for hydroxylation is 1. The molecule has 1 aromatic rings. The number of aliphatic hydroxyl groups is 1. The van der Waals surface area contributed by atoms with Crippen LogP contribution < -0.4 is 4.90 Å². The molecule has 1 atom stereocenters. The van der Waals surface area contributed by atoms with E-state index in [1.54, 1.807) is 4.90 Å². The summed E-state index contributed by atoms with van der Waals surface area (Å²) in [5.74, 6) is 0.124. The van der Waals surface area contributed by atoms with Crippen LogP contribution in [0.15, 0.2) is 24.3 Å². The number of aliphatic hydroxyl groups excluding tert-OH is 1. The van der Waals surface area contributed by atoms with Crippen molar-refractivity contribution < 1.29 is 9.90 Å². The molecule has 0 aromatic heterocycles. The fourth-order valence-electron chi connectivity index (χ4n) is 2.33. The maximum absolute atomic E-state index is 11.9. The second-order valence-electron chi connectivity index (χ2n) is 4.58. The Balaban J connectivity index is 2.18. The van der Waals surface area contributed by atoms with Gasteiger partial charge in [0.25, 0.3) is 0 Å². The van der Waals surface area contributed by atoms with Crippen molar-refractivity contribution >= 4 is 11.6 Å². The molecule has 3 heteroatoms. The predicted molar refractivity (Wildman–Crippen MR) is 68.0 cm³/mol.